The number of thioether (sulfide) groups is 1. The molecule has 1 atom stereocenters. The van der Waals surface area contributed by atoms with Gasteiger partial charge in [-0.25, -0.2) is 0 Å². The van der Waals surface area contributed by atoms with E-state index in [1.807, 2.05) is 0 Å². The molecule has 1 saturated heterocycles. The van der Waals surface area contributed by atoms with E-state index in [-0.39, 0.29) is 0 Å². The number of hydrogen-bond donors (Lipinski definition) is 1. The lowest BCUT2D eigenvalue weighted by Gasteiger charge is -2.31. The highest BCUT2D eigenvalue weighted by atomic mass is 32.2. The molecule has 1 aliphatic rings. The van der Waals surface area contributed by atoms with Crippen LogP contribution in [0.2, 0.25) is 0 Å². The Morgan fingerprint density at radius 2 is 2.13 bits per heavy atom. The van der Waals surface area contributed by atoms with Gasteiger partial charge in [-0.05, 0) is 36.3 Å². The zero-order chi connectivity index (χ0) is 11.3. The molecule has 1 fully saturated rings. The molecule has 0 aromatic rings. The minimum absolute atomic E-state index is 0.455. The van der Waals surface area contributed by atoms with E-state index in [2.05, 4.69) is 44.8 Å². The Morgan fingerprint density at radius 1 is 1.40 bits per heavy atom. The van der Waals surface area contributed by atoms with Crippen LogP contribution >= 0.6 is 11.8 Å². The van der Waals surface area contributed by atoms with E-state index in [9.17, 15) is 0 Å². The van der Waals surface area contributed by atoms with Crippen molar-refractivity contribution >= 4 is 11.8 Å². The molecule has 0 aromatic heterocycles. The lowest BCUT2D eigenvalue weighted by Crippen LogP contribution is -2.40. The number of nitrogens with one attached hydrogen (secondary N) is 1. The van der Waals surface area contributed by atoms with Crippen molar-refractivity contribution in [3.05, 3.63) is 0 Å². The Labute approximate surface area is 99.8 Å². The van der Waals surface area contributed by atoms with Gasteiger partial charge < -0.3 is 5.32 Å². The molecule has 1 N–H and O–H groups in total. The molecule has 1 unspecified atom stereocenters. The quantitative estimate of drug-likeness (QED) is 0.774. The molecule has 0 saturated carbocycles. The first-order valence-corrected chi connectivity index (χ1v) is 7.46. The zero-order valence-corrected chi connectivity index (χ0v) is 11.6. The van der Waals surface area contributed by atoms with Gasteiger partial charge in [0.05, 0.1) is 0 Å². The lowest BCUT2D eigenvalue weighted by atomic mass is 9.84. The van der Waals surface area contributed by atoms with Crippen LogP contribution in [-0.4, -0.2) is 24.1 Å². The first-order chi connectivity index (χ1) is 6.99. The standard InChI is InChI=1S/C13H27NS/c1-11(2)8-13(3,4)10-14-12-6-5-7-15-9-12/h11-12,14H,5-10H2,1-4H3. The van der Waals surface area contributed by atoms with E-state index < -0.39 is 0 Å². The van der Waals surface area contributed by atoms with Gasteiger partial charge in [-0.15, -0.1) is 0 Å². The van der Waals surface area contributed by atoms with Crippen molar-refractivity contribution in [1.82, 2.24) is 5.32 Å². The molecular weight excluding hydrogens is 202 g/mol. The summed E-state index contributed by atoms with van der Waals surface area (Å²) in [5.74, 6) is 3.49. The average Bonchev–Trinajstić information content (AvgIpc) is 2.15. The van der Waals surface area contributed by atoms with Crippen molar-refractivity contribution in [2.24, 2.45) is 11.3 Å². The SMILES string of the molecule is CC(C)CC(C)(C)CNC1CCCSC1. The van der Waals surface area contributed by atoms with E-state index >= 15 is 0 Å². The fourth-order valence-electron chi connectivity index (χ4n) is 2.50. The minimum atomic E-state index is 0.455. The summed E-state index contributed by atoms with van der Waals surface area (Å²) < 4.78 is 0. The molecule has 1 heterocycles. The predicted molar refractivity (Wildman–Crippen MR) is 71.6 cm³/mol. The largest absolute Gasteiger partial charge is 0.313 e. The first-order valence-electron chi connectivity index (χ1n) is 6.31. The maximum atomic E-state index is 3.75. The van der Waals surface area contributed by atoms with Crippen molar-refractivity contribution in [2.45, 2.75) is 53.0 Å². The lowest BCUT2D eigenvalue weighted by molar-refractivity contribution is 0.261. The van der Waals surface area contributed by atoms with Gasteiger partial charge in [0, 0.05) is 18.3 Å². The van der Waals surface area contributed by atoms with Gasteiger partial charge in [-0.2, -0.15) is 11.8 Å². The van der Waals surface area contributed by atoms with Crippen LogP contribution in [0.25, 0.3) is 0 Å². The molecule has 2 heteroatoms. The summed E-state index contributed by atoms with van der Waals surface area (Å²) in [5, 5.41) is 3.75. The molecule has 0 aromatic carbocycles. The highest BCUT2D eigenvalue weighted by Gasteiger charge is 2.21. The van der Waals surface area contributed by atoms with Crippen LogP contribution in [0.5, 0.6) is 0 Å². The fourth-order valence-corrected chi connectivity index (χ4v) is 3.61. The Hall–Kier alpha value is 0.310. The first kappa shape index (κ1) is 13.4. The van der Waals surface area contributed by atoms with E-state index in [0.29, 0.717) is 5.41 Å². The smallest absolute Gasteiger partial charge is 0.0158 e. The third-order valence-electron chi connectivity index (χ3n) is 2.99. The van der Waals surface area contributed by atoms with E-state index in [1.165, 1.54) is 37.3 Å². The maximum absolute atomic E-state index is 3.75. The van der Waals surface area contributed by atoms with Gasteiger partial charge in [0.1, 0.15) is 0 Å². The fraction of sp³-hybridized carbons (Fsp3) is 1.00. The summed E-state index contributed by atoms with van der Waals surface area (Å²) in [6.45, 7) is 10.6. The minimum Gasteiger partial charge on any atom is -0.313 e. The van der Waals surface area contributed by atoms with E-state index in [1.54, 1.807) is 0 Å². The van der Waals surface area contributed by atoms with Crippen molar-refractivity contribution in [3.8, 4) is 0 Å². The van der Waals surface area contributed by atoms with Crippen molar-refractivity contribution in [2.75, 3.05) is 18.1 Å². The van der Waals surface area contributed by atoms with Crippen molar-refractivity contribution < 1.29 is 0 Å². The highest BCUT2D eigenvalue weighted by molar-refractivity contribution is 7.99. The molecule has 1 rings (SSSR count). The van der Waals surface area contributed by atoms with Gasteiger partial charge >= 0.3 is 0 Å². The third kappa shape index (κ3) is 5.82. The summed E-state index contributed by atoms with van der Waals surface area (Å²) in [6, 6.07) is 0.773. The topological polar surface area (TPSA) is 12.0 Å². The summed E-state index contributed by atoms with van der Waals surface area (Å²) >= 11 is 2.10. The van der Waals surface area contributed by atoms with E-state index in [0.717, 1.165) is 12.0 Å². The van der Waals surface area contributed by atoms with Gasteiger partial charge in [0.25, 0.3) is 0 Å². The van der Waals surface area contributed by atoms with Crippen LogP contribution in [-0.2, 0) is 0 Å². The molecule has 90 valence electrons. The Morgan fingerprint density at radius 3 is 2.67 bits per heavy atom. The number of hydrogen-bond acceptors (Lipinski definition) is 2. The monoisotopic (exact) mass is 229 g/mol. The molecule has 1 aliphatic heterocycles. The third-order valence-corrected chi connectivity index (χ3v) is 4.21. The van der Waals surface area contributed by atoms with Crippen LogP contribution in [0, 0.1) is 11.3 Å². The van der Waals surface area contributed by atoms with Crippen LogP contribution in [0.3, 0.4) is 0 Å². The van der Waals surface area contributed by atoms with E-state index in [4.69, 9.17) is 0 Å². The Kier molecular flexibility index (Phi) is 5.48. The van der Waals surface area contributed by atoms with Gasteiger partial charge in [0.15, 0.2) is 0 Å². The molecule has 0 bridgehead atoms. The van der Waals surface area contributed by atoms with Gasteiger partial charge in [-0.3, -0.25) is 0 Å². The second kappa shape index (κ2) is 6.15. The molecule has 0 amide bonds. The summed E-state index contributed by atoms with van der Waals surface area (Å²) in [6.07, 6.45) is 4.09. The average molecular weight is 229 g/mol. The Balaban J connectivity index is 2.21. The van der Waals surface area contributed by atoms with Crippen LogP contribution in [0.4, 0.5) is 0 Å². The second-order valence-electron chi connectivity index (χ2n) is 6.06. The van der Waals surface area contributed by atoms with Gasteiger partial charge in [-0.1, -0.05) is 27.7 Å². The molecular formula is C13H27NS. The summed E-state index contributed by atoms with van der Waals surface area (Å²) in [4.78, 5) is 0. The highest BCUT2D eigenvalue weighted by Crippen LogP contribution is 2.25. The van der Waals surface area contributed by atoms with Crippen LogP contribution in [0.15, 0.2) is 0 Å². The zero-order valence-electron chi connectivity index (χ0n) is 10.8. The van der Waals surface area contributed by atoms with Gasteiger partial charge in [0.2, 0.25) is 0 Å². The predicted octanol–water partition coefficient (Wildman–Crippen LogP) is 3.54. The van der Waals surface area contributed by atoms with Crippen molar-refractivity contribution in [3.63, 3.8) is 0 Å². The summed E-state index contributed by atoms with van der Waals surface area (Å²) in [5.41, 5.74) is 0.455. The van der Waals surface area contributed by atoms with Crippen molar-refractivity contribution in [1.29, 1.82) is 0 Å². The molecule has 0 spiro atoms. The number of rotatable bonds is 5. The molecule has 1 nitrogen and oxygen atoms in total. The van der Waals surface area contributed by atoms with Crippen LogP contribution < -0.4 is 5.32 Å². The van der Waals surface area contributed by atoms with Crippen LogP contribution in [0.1, 0.15) is 47.0 Å². The molecule has 0 radical (unpaired) electrons. The summed E-state index contributed by atoms with van der Waals surface area (Å²) in [7, 11) is 0. The normalized spacial score (nSPS) is 23.4. The molecule has 15 heavy (non-hydrogen) atoms. The molecule has 0 aliphatic carbocycles. The Bertz CT molecular complexity index is 171. The maximum Gasteiger partial charge on any atom is 0.0158 e. The second-order valence-corrected chi connectivity index (χ2v) is 7.21.